The van der Waals surface area contributed by atoms with Gasteiger partial charge in [-0.1, -0.05) is 59.0 Å². The maximum Gasteiger partial charge on any atom is 0.264 e. The number of nitrogens with zero attached hydrogens (tertiary/aromatic N) is 2. The highest BCUT2D eigenvalue weighted by atomic mass is 35.5. The van der Waals surface area contributed by atoms with Crippen LogP contribution in [0.2, 0.25) is 5.02 Å². The number of rotatable bonds is 7. The van der Waals surface area contributed by atoms with Crippen LogP contribution in [0.1, 0.15) is 5.56 Å². The lowest BCUT2D eigenvalue weighted by molar-refractivity contribution is -0.118. The van der Waals surface area contributed by atoms with E-state index in [4.69, 9.17) is 16.3 Å². The minimum atomic E-state index is -0.355. The topological polar surface area (TPSA) is 64.1 Å². The van der Waals surface area contributed by atoms with E-state index >= 15 is 0 Å². The van der Waals surface area contributed by atoms with Crippen molar-refractivity contribution < 1.29 is 13.9 Å². The molecule has 0 saturated carbocycles. The van der Waals surface area contributed by atoms with Crippen molar-refractivity contribution in [3.63, 3.8) is 0 Å². The molecular formula is C17H13ClFN3O2S2. The molecule has 0 spiro atoms. The third kappa shape index (κ3) is 5.42. The van der Waals surface area contributed by atoms with E-state index in [9.17, 15) is 9.18 Å². The Morgan fingerprint density at radius 1 is 1.23 bits per heavy atom. The van der Waals surface area contributed by atoms with E-state index < -0.39 is 0 Å². The standard InChI is InChI=1S/C17H13ClFN3O2S2/c18-12-5-3-6-13(8-12)24-9-15(23)20-16-21-22-17(26-16)25-10-11-4-1-2-7-14(11)19/h1-8H,9-10H2,(H,20,21,23). The number of halogens is 2. The summed E-state index contributed by atoms with van der Waals surface area (Å²) in [4.78, 5) is 11.9. The zero-order valence-corrected chi connectivity index (χ0v) is 15.7. The van der Waals surface area contributed by atoms with Gasteiger partial charge in [-0.05, 0) is 29.8 Å². The van der Waals surface area contributed by atoms with Crippen LogP contribution in [0, 0.1) is 5.82 Å². The van der Waals surface area contributed by atoms with Crippen LogP contribution in [0.15, 0.2) is 52.9 Å². The first-order chi connectivity index (χ1) is 12.6. The predicted molar refractivity (Wildman–Crippen MR) is 101 cm³/mol. The second kappa shape index (κ2) is 8.98. The first kappa shape index (κ1) is 18.6. The van der Waals surface area contributed by atoms with Gasteiger partial charge in [-0.2, -0.15) is 0 Å². The van der Waals surface area contributed by atoms with Crippen LogP contribution in [-0.4, -0.2) is 22.7 Å². The largest absolute Gasteiger partial charge is 0.484 e. The molecule has 0 saturated heterocycles. The van der Waals surface area contributed by atoms with Gasteiger partial charge in [-0.15, -0.1) is 10.2 Å². The molecule has 26 heavy (non-hydrogen) atoms. The third-order valence-electron chi connectivity index (χ3n) is 3.13. The molecule has 0 bridgehead atoms. The molecule has 5 nitrogen and oxygen atoms in total. The average Bonchev–Trinajstić information content (AvgIpc) is 3.07. The maximum atomic E-state index is 13.6. The van der Waals surface area contributed by atoms with E-state index in [0.717, 1.165) is 0 Å². The van der Waals surface area contributed by atoms with Gasteiger partial charge in [0.15, 0.2) is 10.9 Å². The van der Waals surface area contributed by atoms with Crippen molar-refractivity contribution in [3.8, 4) is 5.75 Å². The van der Waals surface area contributed by atoms with E-state index in [2.05, 4.69) is 15.5 Å². The number of hydrogen-bond donors (Lipinski definition) is 1. The van der Waals surface area contributed by atoms with Gasteiger partial charge in [-0.3, -0.25) is 10.1 Å². The van der Waals surface area contributed by atoms with Gasteiger partial charge in [0.1, 0.15) is 11.6 Å². The van der Waals surface area contributed by atoms with Crippen LogP contribution >= 0.6 is 34.7 Å². The lowest BCUT2D eigenvalue weighted by Gasteiger charge is -2.05. The Balaban J connectivity index is 1.48. The summed E-state index contributed by atoms with van der Waals surface area (Å²) in [5.74, 6) is 0.335. The number of thioether (sulfide) groups is 1. The summed E-state index contributed by atoms with van der Waals surface area (Å²) >= 11 is 8.43. The highest BCUT2D eigenvalue weighted by Gasteiger charge is 2.10. The second-order valence-electron chi connectivity index (χ2n) is 5.05. The van der Waals surface area contributed by atoms with Crippen LogP contribution in [-0.2, 0) is 10.5 Å². The smallest absolute Gasteiger partial charge is 0.264 e. The fraction of sp³-hybridized carbons (Fsp3) is 0.118. The van der Waals surface area contributed by atoms with E-state index in [1.165, 1.54) is 29.2 Å². The highest BCUT2D eigenvalue weighted by molar-refractivity contribution is 8.00. The number of ether oxygens (including phenoxy) is 1. The molecule has 0 atom stereocenters. The fourth-order valence-corrected chi connectivity index (χ4v) is 3.87. The zero-order valence-electron chi connectivity index (χ0n) is 13.3. The van der Waals surface area contributed by atoms with Crippen molar-refractivity contribution in [2.45, 2.75) is 10.1 Å². The van der Waals surface area contributed by atoms with Gasteiger partial charge in [0.25, 0.3) is 5.91 Å². The Bertz CT molecular complexity index is 907. The van der Waals surface area contributed by atoms with Crippen molar-refractivity contribution in [1.82, 2.24) is 10.2 Å². The first-order valence-electron chi connectivity index (χ1n) is 7.48. The molecule has 0 aliphatic carbocycles. The van der Waals surface area contributed by atoms with Crippen molar-refractivity contribution in [2.75, 3.05) is 11.9 Å². The molecule has 0 aliphatic rings. The number of carbonyl (C=O) groups is 1. The quantitative estimate of drug-likeness (QED) is 0.455. The molecular weight excluding hydrogens is 397 g/mol. The van der Waals surface area contributed by atoms with Gasteiger partial charge in [0, 0.05) is 10.8 Å². The zero-order chi connectivity index (χ0) is 18.4. The Hall–Kier alpha value is -2.16. The SMILES string of the molecule is O=C(COc1cccc(Cl)c1)Nc1nnc(SCc2ccccc2F)s1. The molecule has 9 heteroatoms. The Morgan fingerprint density at radius 2 is 2.08 bits per heavy atom. The molecule has 0 aliphatic heterocycles. The first-order valence-corrected chi connectivity index (χ1v) is 9.66. The monoisotopic (exact) mass is 409 g/mol. The number of nitrogens with one attached hydrogen (secondary N) is 1. The van der Waals surface area contributed by atoms with E-state index in [1.54, 1.807) is 42.5 Å². The lowest BCUT2D eigenvalue weighted by atomic mass is 10.2. The molecule has 1 N–H and O–H groups in total. The van der Waals surface area contributed by atoms with Crippen LogP contribution < -0.4 is 10.1 Å². The molecule has 3 rings (SSSR count). The van der Waals surface area contributed by atoms with Gasteiger partial charge in [0.2, 0.25) is 5.13 Å². The Morgan fingerprint density at radius 3 is 2.88 bits per heavy atom. The van der Waals surface area contributed by atoms with Gasteiger partial charge in [-0.25, -0.2) is 4.39 Å². The van der Waals surface area contributed by atoms with Crippen molar-refractivity contribution >= 4 is 45.7 Å². The van der Waals surface area contributed by atoms with Gasteiger partial charge < -0.3 is 4.74 Å². The van der Waals surface area contributed by atoms with Crippen LogP contribution in [0.5, 0.6) is 5.75 Å². The summed E-state index contributed by atoms with van der Waals surface area (Å²) in [7, 11) is 0. The predicted octanol–water partition coefficient (Wildman–Crippen LogP) is 4.64. The van der Waals surface area contributed by atoms with Crippen molar-refractivity contribution in [1.29, 1.82) is 0 Å². The molecule has 134 valence electrons. The summed E-state index contributed by atoms with van der Waals surface area (Å²) in [5.41, 5.74) is 0.591. The molecule has 1 heterocycles. The highest BCUT2D eigenvalue weighted by Crippen LogP contribution is 2.29. The number of carbonyl (C=O) groups excluding carboxylic acids is 1. The number of benzene rings is 2. The van der Waals surface area contributed by atoms with Crippen molar-refractivity contribution in [3.05, 3.63) is 64.9 Å². The molecule has 1 amide bonds. The van der Waals surface area contributed by atoms with E-state index in [1.807, 2.05) is 0 Å². The molecule has 1 aromatic heterocycles. The van der Waals surface area contributed by atoms with Crippen molar-refractivity contribution in [2.24, 2.45) is 0 Å². The summed E-state index contributed by atoms with van der Waals surface area (Å²) in [6, 6.07) is 13.4. The molecule has 0 radical (unpaired) electrons. The summed E-state index contributed by atoms with van der Waals surface area (Å²) in [5, 5.41) is 11.4. The molecule has 2 aromatic carbocycles. The second-order valence-corrected chi connectivity index (χ2v) is 7.68. The normalized spacial score (nSPS) is 10.5. The summed E-state index contributed by atoms with van der Waals surface area (Å²) in [6.07, 6.45) is 0. The van der Waals surface area contributed by atoms with Crippen LogP contribution in [0.4, 0.5) is 9.52 Å². The third-order valence-corrected chi connectivity index (χ3v) is 5.38. The average molecular weight is 410 g/mol. The summed E-state index contributed by atoms with van der Waals surface area (Å²) < 4.78 is 19.6. The lowest BCUT2D eigenvalue weighted by Crippen LogP contribution is -2.20. The van der Waals surface area contributed by atoms with E-state index in [-0.39, 0.29) is 18.3 Å². The van der Waals surface area contributed by atoms with Gasteiger partial charge in [0.05, 0.1) is 0 Å². The van der Waals surface area contributed by atoms with Gasteiger partial charge >= 0.3 is 0 Å². The fourth-order valence-electron chi connectivity index (χ4n) is 1.93. The van der Waals surface area contributed by atoms with E-state index in [0.29, 0.717) is 31.6 Å². The number of aromatic nitrogens is 2. The maximum absolute atomic E-state index is 13.6. The number of amides is 1. The van der Waals surface area contributed by atoms with Crippen LogP contribution in [0.3, 0.4) is 0 Å². The number of anilines is 1. The molecule has 0 unspecified atom stereocenters. The summed E-state index contributed by atoms with van der Waals surface area (Å²) in [6.45, 7) is -0.169. The Labute approximate surface area is 162 Å². The number of hydrogen-bond acceptors (Lipinski definition) is 6. The molecule has 3 aromatic rings. The minimum absolute atomic E-state index is 0.169. The minimum Gasteiger partial charge on any atom is -0.484 e. The van der Waals surface area contributed by atoms with Crippen LogP contribution in [0.25, 0.3) is 0 Å². The molecule has 0 fully saturated rings. The Kier molecular flexibility index (Phi) is 6.43.